The Hall–Kier alpha value is -0.830. The maximum absolute atomic E-state index is 11.8. The lowest BCUT2D eigenvalue weighted by Gasteiger charge is -2.28. The van der Waals surface area contributed by atoms with Crippen LogP contribution in [0.3, 0.4) is 0 Å². The summed E-state index contributed by atoms with van der Waals surface area (Å²) >= 11 is 1.47. The number of hydrogen-bond donors (Lipinski definition) is 3. The van der Waals surface area contributed by atoms with Gasteiger partial charge in [-0.25, -0.2) is 0 Å². The van der Waals surface area contributed by atoms with E-state index in [4.69, 9.17) is 0 Å². The summed E-state index contributed by atoms with van der Waals surface area (Å²) in [6.07, 6.45) is 7.45. The molecule has 1 aromatic heterocycles. The molecule has 142 valence electrons. The minimum Gasteiger partial charge on any atom is -0.356 e. The van der Waals surface area contributed by atoms with Gasteiger partial charge in [0.15, 0.2) is 5.96 Å². The monoisotopic (exact) mass is 478 g/mol. The maximum atomic E-state index is 11.8. The molecule has 0 spiro atoms. The summed E-state index contributed by atoms with van der Waals surface area (Å²) in [5, 5.41) is 11.7. The van der Waals surface area contributed by atoms with Crippen LogP contribution in [0.25, 0.3) is 0 Å². The number of nitrogens with zero attached hydrogens (tertiary/aromatic N) is 1. The number of thiophene rings is 1. The van der Waals surface area contributed by atoms with Gasteiger partial charge in [-0.2, -0.15) is 0 Å². The normalized spacial score (nSPS) is 16.2. The molecule has 0 aliphatic heterocycles. The number of aliphatic imine (C=N–C) groups is 1. The van der Waals surface area contributed by atoms with Gasteiger partial charge < -0.3 is 16.0 Å². The number of carbonyl (C=O) groups is 1. The lowest BCUT2D eigenvalue weighted by Crippen LogP contribution is -2.43. The first kappa shape index (κ1) is 22.2. The van der Waals surface area contributed by atoms with Gasteiger partial charge in [-0.1, -0.05) is 25.8 Å². The van der Waals surface area contributed by atoms with Crippen LogP contribution in [0, 0.1) is 5.41 Å². The van der Waals surface area contributed by atoms with Crippen LogP contribution in [0.2, 0.25) is 0 Å². The molecule has 0 aromatic carbocycles. The van der Waals surface area contributed by atoms with Crippen LogP contribution >= 0.6 is 35.3 Å². The van der Waals surface area contributed by atoms with Gasteiger partial charge in [-0.3, -0.25) is 9.79 Å². The van der Waals surface area contributed by atoms with Gasteiger partial charge in [0, 0.05) is 26.7 Å². The summed E-state index contributed by atoms with van der Waals surface area (Å²) in [4.78, 5) is 16.9. The molecule has 1 fully saturated rings. The van der Waals surface area contributed by atoms with E-state index in [0.29, 0.717) is 12.0 Å². The Balaban J connectivity index is 0.00000312. The Labute approximate surface area is 172 Å². The summed E-state index contributed by atoms with van der Waals surface area (Å²) < 4.78 is 0. The number of nitrogens with one attached hydrogen (secondary N) is 3. The fourth-order valence-electron chi connectivity index (χ4n) is 3.26. The molecule has 25 heavy (non-hydrogen) atoms. The van der Waals surface area contributed by atoms with E-state index in [1.54, 1.807) is 7.05 Å². The van der Waals surface area contributed by atoms with Gasteiger partial charge in [-0.05, 0) is 42.5 Å². The molecule has 7 heteroatoms. The van der Waals surface area contributed by atoms with Crippen molar-refractivity contribution in [3.05, 3.63) is 22.4 Å². The molecule has 0 bridgehead atoms. The molecule has 1 aliphatic carbocycles. The van der Waals surface area contributed by atoms with Crippen molar-refractivity contribution in [2.45, 2.75) is 45.4 Å². The zero-order valence-electron chi connectivity index (χ0n) is 15.3. The van der Waals surface area contributed by atoms with E-state index in [9.17, 15) is 4.79 Å². The molecule has 5 nitrogen and oxygen atoms in total. The van der Waals surface area contributed by atoms with Crippen molar-refractivity contribution >= 4 is 47.2 Å². The zero-order chi connectivity index (χ0) is 17.3. The van der Waals surface area contributed by atoms with Gasteiger partial charge in [-0.15, -0.1) is 35.3 Å². The third kappa shape index (κ3) is 7.13. The lowest BCUT2D eigenvalue weighted by molar-refractivity contribution is 0.0957. The minimum absolute atomic E-state index is 0. The van der Waals surface area contributed by atoms with Crippen LogP contribution in [0.4, 0.5) is 0 Å². The SMILES string of the molecule is CCC1(CNC(=NC)NCCCNC(=O)c2cccs2)CCCC1.I. The molecule has 1 heterocycles. The van der Waals surface area contributed by atoms with E-state index in [0.717, 1.165) is 30.3 Å². The second-order valence-corrected chi connectivity index (χ2v) is 7.45. The van der Waals surface area contributed by atoms with Crippen molar-refractivity contribution in [3.63, 3.8) is 0 Å². The highest BCUT2D eigenvalue weighted by Gasteiger charge is 2.31. The van der Waals surface area contributed by atoms with Crippen molar-refractivity contribution in [2.75, 3.05) is 26.7 Å². The van der Waals surface area contributed by atoms with Gasteiger partial charge in [0.05, 0.1) is 4.88 Å². The molecule has 0 saturated heterocycles. The number of carbonyl (C=O) groups excluding carboxylic acids is 1. The molecule has 1 amide bonds. The van der Waals surface area contributed by atoms with Gasteiger partial charge >= 0.3 is 0 Å². The summed E-state index contributed by atoms with van der Waals surface area (Å²) in [7, 11) is 1.81. The summed E-state index contributed by atoms with van der Waals surface area (Å²) in [5.74, 6) is 0.873. The Morgan fingerprint density at radius 3 is 2.56 bits per heavy atom. The highest BCUT2D eigenvalue weighted by Crippen LogP contribution is 2.40. The third-order valence-electron chi connectivity index (χ3n) is 4.95. The third-order valence-corrected chi connectivity index (χ3v) is 5.81. The maximum Gasteiger partial charge on any atom is 0.261 e. The summed E-state index contributed by atoms with van der Waals surface area (Å²) in [5.41, 5.74) is 0.451. The van der Waals surface area contributed by atoms with Gasteiger partial charge in [0.1, 0.15) is 0 Å². The Bertz CT molecular complexity index is 527. The van der Waals surface area contributed by atoms with Crippen molar-refractivity contribution in [2.24, 2.45) is 10.4 Å². The van der Waals surface area contributed by atoms with Gasteiger partial charge in [0.2, 0.25) is 0 Å². The molecule has 0 unspecified atom stereocenters. The quantitative estimate of drug-likeness (QED) is 0.232. The van der Waals surface area contributed by atoms with Crippen molar-refractivity contribution in [1.29, 1.82) is 0 Å². The number of guanidine groups is 1. The Morgan fingerprint density at radius 2 is 1.96 bits per heavy atom. The van der Waals surface area contributed by atoms with Crippen molar-refractivity contribution < 1.29 is 4.79 Å². The van der Waals surface area contributed by atoms with Crippen LogP contribution < -0.4 is 16.0 Å². The highest BCUT2D eigenvalue weighted by atomic mass is 127. The Kier molecular flexibility index (Phi) is 10.4. The van der Waals surface area contributed by atoms with Crippen LogP contribution in [0.5, 0.6) is 0 Å². The molecule has 1 aromatic rings. The molecule has 1 aliphatic rings. The van der Waals surface area contributed by atoms with E-state index in [1.807, 2.05) is 17.5 Å². The first-order valence-corrected chi connectivity index (χ1v) is 9.83. The molecule has 1 saturated carbocycles. The van der Waals surface area contributed by atoms with Crippen molar-refractivity contribution in [3.8, 4) is 0 Å². The molecule has 0 atom stereocenters. The number of halogens is 1. The summed E-state index contributed by atoms with van der Waals surface area (Å²) in [6, 6.07) is 3.74. The van der Waals surface area contributed by atoms with Crippen LogP contribution in [-0.2, 0) is 0 Å². The van der Waals surface area contributed by atoms with Crippen LogP contribution in [-0.4, -0.2) is 38.5 Å². The number of amides is 1. The lowest BCUT2D eigenvalue weighted by atomic mass is 9.83. The largest absolute Gasteiger partial charge is 0.356 e. The van der Waals surface area contributed by atoms with E-state index in [1.165, 1.54) is 43.4 Å². The van der Waals surface area contributed by atoms with Crippen molar-refractivity contribution in [1.82, 2.24) is 16.0 Å². The standard InChI is InChI=1S/C18H30N4OS.HI/c1-3-18(9-4-5-10-18)14-22-17(19-2)21-12-7-11-20-16(23)15-8-6-13-24-15;/h6,8,13H,3-5,7,9-12,14H2,1-2H3,(H,20,23)(H2,19,21,22);1H. The molecule has 2 rings (SSSR count). The predicted molar refractivity (Wildman–Crippen MR) is 117 cm³/mol. The minimum atomic E-state index is 0. The fraction of sp³-hybridized carbons (Fsp3) is 0.667. The highest BCUT2D eigenvalue weighted by molar-refractivity contribution is 14.0. The molecular formula is C18H31IN4OS. The smallest absolute Gasteiger partial charge is 0.261 e. The zero-order valence-corrected chi connectivity index (χ0v) is 18.4. The predicted octanol–water partition coefficient (Wildman–Crippen LogP) is 3.62. The van der Waals surface area contributed by atoms with E-state index >= 15 is 0 Å². The average molecular weight is 478 g/mol. The molecular weight excluding hydrogens is 447 g/mol. The fourth-order valence-corrected chi connectivity index (χ4v) is 3.90. The average Bonchev–Trinajstić information content (AvgIpc) is 3.29. The molecule has 3 N–H and O–H groups in total. The van der Waals surface area contributed by atoms with E-state index in [-0.39, 0.29) is 29.9 Å². The second-order valence-electron chi connectivity index (χ2n) is 6.50. The number of rotatable bonds is 8. The van der Waals surface area contributed by atoms with Crippen LogP contribution in [0.15, 0.2) is 22.5 Å². The van der Waals surface area contributed by atoms with E-state index in [2.05, 4.69) is 27.9 Å². The topological polar surface area (TPSA) is 65.5 Å². The van der Waals surface area contributed by atoms with Crippen LogP contribution in [0.1, 0.15) is 55.1 Å². The summed E-state index contributed by atoms with van der Waals surface area (Å²) in [6.45, 7) is 4.75. The number of hydrogen-bond acceptors (Lipinski definition) is 3. The first-order valence-electron chi connectivity index (χ1n) is 8.95. The molecule has 0 radical (unpaired) electrons. The Morgan fingerprint density at radius 1 is 1.24 bits per heavy atom. The first-order chi connectivity index (χ1) is 11.7. The second kappa shape index (κ2) is 11.7. The van der Waals surface area contributed by atoms with E-state index < -0.39 is 0 Å². The van der Waals surface area contributed by atoms with Gasteiger partial charge in [0.25, 0.3) is 5.91 Å².